The lowest BCUT2D eigenvalue weighted by Gasteiger charge is -2.06. The fourth-order valence-corrected chi connectivity index (χ4v) is 2.67. The van der Waals surface area contributed by atoms with Gasteiger partial charge in [-0.15, -0.1) is 0 Å². The molecule has 122 valence electrons. The highest BCUT2D eigenvalue weighted by Gasteiger charge is 2.18. The predicted molar refractivity (Wildman–Crippen MR) is 92.9 cm³/mol. The molecule has 0 fully saturated rings. The van der Waals surface area contributed by atoms with Crippen LogP contribution >= 0.6 is 0 Å². The Balaban J connectivity index is 1.81. The quantitative estimate of drug-likeness (QED) is 0.570. The summed E-state index contributed by atoms with van der Waals surface area (Å²) in [7, 11) is 0. The fourth-order valence-electron chi connectivity index (χ4n) is 2.67. The van der Waals surface area contributed by atoms with E-state index in [4.69, 9.17) is 9.26 Å². The number of carboxylic acids is 1. The normalized spacial score (nSPS) is 10.7. The summed E-state index contributed by atoms with van der Waals surface area (Å²) in [5.74, 6) is 0.727. The highest BCUT2D eigenvalue weighted by Crippen LogP contribution is 2.34. The molecule has 0 spiro atoms. The van der Waals surface area contributed by atoms with Crippen LogP contribution in [0.3, 0.4) is 0 Å². The molecule has 0 radical (unpaired) electrons. The van der Waals surface area contributed by atoms with Crippen molar-refractivity contribution in [3.8, 4) is 22.8 Å². The Morgan fingerprint density at radius 1 is 0.920 bits per heavy atom. The maximum absolute atomic E-state index is 11.5. The zero-order chi connectivity index (χ0) is 17.2. The van der Waals surface area contributed by atoms with Gasteiger partial charge in [-0.25, -0.2) is 4.79 Å². The standard InChI is InChI=1S/C20H13NO4/c22-20(23)16-9-5-4-8-15(16)19-17-12-14(10-11-18(17)21-25-19)24-13-6-2-1-3-7-13/h1-12H,(H,22,23). The van der Waals surface area contributed by atoms with Crippen molar-refractivity contribution in [3.05, 3.63) is 78.4 Å². The molecule has 0 saturated heterocycles. The molecule has 1 N–H and O–H groups in total. The van der Waals surface area contributed by atoms with Gasteiger partial charge in [-0.1, -0.05) is 41.6 Å². The molecule has 25 heavy (non-hydrogen) atoms. The molecule has 0 aliphatic carbocycles. The molecule has 0 saturated carbocycles. The number of aromatic carboxylic acids is 1. The molecule has 0 unspecified atom stereocenters. The summed E-state index contributed by atoms with van der Waals surface area (Å²) in [6.45, 7) is 0. The Hall–Kier alpha value is -3.60. The Morgan fingerprint density at radius 3 is 2.48 bits per heavy atom. The van der Waals surface area contributed by atoms with Crippen molar-refractivity contribution in [2.24, 2.45) is 0 Å². The highest BCUT2D eigenvalue weighted by atomic mass is 16.5. The third kappa shape index (κ3) is 2.83. The van der Waals surface area contributed by atoms with Gasteiger partial charge in [-0.3, -0.25) is 0 Å². The number of hydrogen-bond acceptors (Lipinski definition) is 4. The van der Waals surface area contributed by atoms with Crippen LogP contribution in [0.2, 0.25) is 0 Å². The number of fused-ring (bicyclic) bond motifs is 1. The van der Waals surface area contributed by atoms with Gasteiger partial charge in [0.05, 0.1) is 10.9 Å². The van der Waals surface area contributed by atoms with Crippen molar-refractivity contribution in [3.63, 3.8) is 0 Å². The highest BCUT2D eigenvalue weighted by molar-refractivity contribution is 6.01. The van der Waals surface area contributed by atoms with Crippen molar-refractivity contribution in [1.29, 1.82) is 0 Å². The van der Waals surface area contributed by atoms with Gasteiger partial charge in [0.1, 0.15) is 17.0 Å². The van der Waals surface area contributed by atoms with Crippen LogP contribution in [0, 0.1) is 0 Å². The lowest BCUT2D eigenvalue weighted by Crippen LogP contribution is -1.98. The molecule has 4 aromatic rings. The molecule has 4 rings (SSSR count). The minimum atomic E-state index is -1.02. The first-order chi connectivity index (χ1) is 12.2. The van der Waals surface area contributed by atoms with Gasteiger partial charge < -0.3 is 14.4 Å². The molecule has 5 heteroatoms. The molecule has 0 atom stereocenters. The van der Waals surface area contributed by atoms with Gasteiger partial charge in [-0.2, -0.15) is 0 Å². The number of para-hydroxylation sites is 1. The second kappa shape index (κ2) is 6.13. The minimum absolute atomic E-state index is 0.162. The largest absolute Gasteiger partial charge is 0.478 e. The van der Waals surface area contributed by atoms with E-state index >= 15 is 0 Å². The molecule has 0 amide bonds. The number of carbonyl (C=O) groups is 1. The van der Waals surface area contributed by atoms with Gasteiger partial charge in [0.25, 0.3) is 0 Å². The monoisotopic (exact) mass is 331 g/mol. The molecule has 3 aromatic carbocycles. The van der Waals surface area contributed by atoms with E-state index in [1.807, 2.05) is 30.3 Å². The smallest absolute Gasteiger partial charge is 0.336 e. The maximum Gasteiger partial charge on any atom is 0.336 e. The maximum atomic E-state index is 11.5. The zero-order valence-electron chi connectivity index (χ0n) is 13.0. The molecular weight excluding hydrogens is 318 g/mol. The topological polar surface area (TPSA) is 72.6 Å². The van der Waals surface area contributed by atoms with Crippen LogP contribution in [0.4, 0.5) is 0 Å². The van der Waals surface area contributed by atoms with E-state index in [0.29, 0.717) is 33.7 Å². The molecule has 5 nitrogen and oxygen atoms in total. The number of rotatable bonds is 4. The van der Waals surface area contributed by atoms with Crippen molar-refractivity contribution in [1.82, 2.24) is 5.16 Å². The molecular formula is C20H13NO4. The van der Waals surface area contributed by atoms with Gasteiger partial charge in [0.15, 0.2) is 5.76 Å². The minimum Gasteiger partial charge on any atom is -0.478 e. The van der Waals surface area contributed by atoms with Crippen molar-refractivity contribution < 1.29 is 19.2 Å². The number of nitrogens with zero attached hydrogens (tertiary/aromatic N) is 1. The average molecular weight is 331 g/mol. The van der Waals surface area contributed by atoms with Crippen molar-refractivity contribution in [2.75, 3.05) is 0 Å². The van der Waals surface area contributed by atoms with E-state index in [2.05, 4.69) is 5.16 Å². The zero-order valence-corrected chi connectivity index (χ0v) is 13.0. The van der Waals surface area contributed by atoms with E-state index in [0.717, 1.165) is 0 Å². The van der Waals surface area contributed by atoms with E-state index in [1.165, 1.54) is 6.07 Å². The summed E-state index contributed by atoms with van der Waals surface area (Å²) in [5.41, 5.74) is 1.28. The summed E-state index contributed by atoms with van der Waals surface area (Å²) in [6, 6.07) is 21.5. The number of carboxylic acid groups (broad SMARTS) is 1. The van der Waals surface area contributed by atoms with E-state index in [9.17, 15) is 9.90 Å². The summed E-state index contributed by atoms with van der Waals surface area (Å²) >= 11 is 0. The SMILES string of the molecule is O=C(O)c1ccccc1-c1onc2ccc(Oc3ccccc3)cc12. The number of hydrogen-bond donors (Lipinski definition) is 1. The van der Waals surface area contributed by atoms with Crippen LogP contribution in [-0.4, -0.2) is 16.2 Å². The number of ether oxygens (including phenoxy) is 1. The third-order valence-electron chi connectivity index (χ3n) is 3.83. The molecule has 1 aromatic heterocycles. The summed E-state index contributed by atoms with van der Waals surface area (Å²) in [6.07, 6.45) is 0. The Kier molecular flexibility index (Phi) is 3.67. The van der Waals surface area contributed by atoms with Gasteiger partial charge in [0, 0.05) is 5.56 Å². The number of aromatic nitrogens is 1. The first kappa shape index (κ1) is 15.0. The second-order valence-electron chi connectivity index (χ2n) is 5.46. The number of benzene rings is 3. The fraction of sp³-hybridized carbons (Fsp3) is 0. The Bertz CT molecular complexity index is 1050. The second-order valence-corrected chi connectivity index (χ2v) is 5.46. The van der Waals surface area contributed by atoms with Crippen LogP contribution in [0.25, 0.3) is 22.2 Å². The first-order valence-corrected chi connectivity index (χ1v) is 7.67. The van der Waals surface area contributed by atoms with Crippen LogP contribution in [0.5, 0.6) is 11.5 Å². The third-order valence-corrected chi connectivity index (χ3v) is 3.83. The van der Waals surface area contributed by atoms with Gasteiger partial charge >= 0.3 is 5.97 Å². The molecule has 0 bridgehead atoms. The van der Waals surface area contributed by atoms with Crippen LogP contribution in [0.1, 0.15) is 10.4 Å². The van der Waals surface area contributed by atoms with E-state index < -0.39 is 5.97 Å². The Labute approximate surface area is 143 Å². The van der Waals surface area contributed by atoms with Gasteiger partial charge in [0.2, 0.25) is 0 Å². The van der Waals surface area contributed by atoms with Crippen LogP contribution < -0.4 is 4.74 Å². The summed E-state index contributed by atoms with van der Waals surface area (Å²) < 4.78 is 11.3. The summed E-state index contributed by atoms with van der Waals surface area (Å²) in [5, 5.41) is 14.1. The average Bonchev–Trinajstić information content (AvgIpc) is 3.05. The molecule has 0 aliphatic rings. The van der Waals surface area contributed by atoms with Crippen molar-refractivity contribution in [2.45, 2.75) is 0 Å². The molecule has 1 heterocycles. The summed E-state index contributed by atoms with van der Waals surface area (Å²) in [4.78, 5) is 11.5. The van der Waals surface area contributed by atoms with Crippen LogP contribution in [-0.2, 0) is 0 Å². The van der Waals surface area contributed by atoms with Crippen LogP contribution in [0.15, 0.2) is 77.3 Å². The van der Waals surface area contributed by atoms with Gasteiger partial charge in [-0.05, 0) is 36.4 Å². The first-order valence-electron chi connectivity index (χ1n) is 7.67. The van der Waals surface area contributed by atoms with Crippen molar-refractivity contribution >= 4 is 16.9 Å². The van der Waals surface area contributed by atoms with E-state index in [1.54, 1.807) is 36.4 Å². The lowest BCUT2D eigenvalue weighted by atomic mass is 10.0. The predicted octanol–water partition coefficient (Wildman–Crippen LogP) is 4.99. The molecule has 0 aliphatic heterocycles. The van der Waals surface area contributed by atoms with E-state index in [-0.39, 0.29) is 5.56 Å². The Morgan fingerprint density at radius 2 is 1.68 bits per heavy atom. The lowest BCUT2D eigenvalue weighted by molar-refractivity contribution is 0.0697.